The van der Waals surface area contributed by atoms with Crippen LogP contribution in [0.1, 0.15) is 23.7 Å². The van der Waals surface area contributed by atoms with Crippen molar-refractivity contribution in [2.45, 2.75) is 13.3 Å². The normalized spacial score (nSPS) is 12.9. The number of benzene rings is 2. The first kappa shape index (κ1) is 19.7. The molecule has 5 nitrogen and oxygen atoms in total. The summed E-state index contributed by atoms with van der Waals surface area (Å²) in [6, 6.07) is 18.1. The van der Waals surface area contributed by atoms with Gasteiger partial charge in [-0.05, 0) is 30.7 Å². The Morgan fingerprint density at radius 3 is 2.19 bits per heavy atom. The molecule has 0 heterocycles. The SMILES string of the molecule is C[C@@H](COC(=O)c1ccccc1)[C@H](CCO)C(=O)N(C)c1ccccc1. The zero-order valence-corrected chi connectivity index (χ0v) is 15.2. The summed E-state index contributed by atoms with van der Waals surface area (Å²) in [7, 11) is 1.71. The summed E-state index contributed by atoms with van der Waals surface area (Å²) in [5, 5.41) is 9.36. The van der Waals surface area contributed by atoms with E-state index in [1.165, 1.54) is 0 Å². The minimum absolute atomic E-state index is 0.101. The number of anilines is 1. The predicted octanol–water partition coefficient (Wildman–Crippen LogP) is 3.14. The first-order valence-corrected chi connectivity index (χ1v) is 8.70. The van der Waals surface area contributed by atoms with E-state index in [0.29, 0.717) is 12.0 Å². The summed E-state index contributed by atoms with van der Waals surface area (Å²) in [5.74, 6) is -1.17. The monoisotopic (exact) mass is 355 g/mol. The van der Waals surface area contributed by atoms with Crippen LogP contribution in [0.5, 0.6) is 0 Å². The number of carbonyl (C=O) groups is 2. The summed E-state index contributed by atoms with van der Waals surface area (Å²) in [4.78, 5) is 26.5. The molecule has 0 spiro atoms. The molecule has 0 aliphatic rings. The molecule has 2 aromatic carbocycles. The average Bonchev–Trinajstić information content (AvgIpc) is 2.70. The molecule has 0 unspecified atom stereocenters. The van der Waals surface area contributed by atoms with Gasteiger partial charge >= 0.3 is 5.97 Å². The van der Waals surface area contributed by atoms with Crippen LogP contribution in [0.3, 0.4) is 0 Å². The average molecular weight is 355 g/mol. The van der Waals surface area contributed by atoms with Gasteiger partial charge in [-0.1, -0.05) is 43.3 Å². The van der Waals surface area contributed by atoms with Crippen molar-refractivity contribution in [3.63, 3.8) is 0 Å². The molecule has 5 heteroatoms. The number of esters is 1. The number of ether oxygens (including phenoxy) is 1. The van der Waals surface area contributed by atoms with Crippen molar-refractivity contribution in [1.82, 2.24) is 0 Å². The molecule has 0 fully saturated rings. The largest absolute Gasteiger partial charge is 0.462 e. The number of amides is 1. The number of carbonyl (C=O) groups excluding carboxylic acids is 2. The third-order valence-electron chi connectivity index (χ3n) is 4.41. The predicted molar refractivity (Wildman–Crippen MR) is 101 cm³/mol. The number of hydrogen-bond acceptors (Lipinski definition) is 4. The van der Waals surface area contributed by atoms with Crippen molar-refractivity contribution in [3.8, 4) is 0 Å². The van der Waals surface area contributed by atoms with Gasteiger partial charge in [-0.3, -0.25) is 4.79 Å². The highest BCUT2D eigenvalue weighted by Gasteiger charge is 2.29. The number of nitrogens with zero attached hydrogens (tertiary/aromatic N) is 1. The third kappa shape index (κ3) is 5.17. The number of hydrogen-bond donors (Lipinski definition) is 1. The van der Waals surface area contributed by atoms with Gasteiger partial charge < -0.3 is 14.7 Å². The van der Waals surface area contributed by atoms with Gasteiger partial charge in [0.25, 0.3) is 0 Å². The van der Waals surface area contributed by atoms with Crippen LogP contribution in [0.25, 0.3) is 0 Å². The van der Waals surface area contributed by atoms with E-state index in [1.54, 1.807) is 36.2 Å². The van der Waals surface area contributed by atoms with E-state index in [-0.39, 0.29) is 25.0 Å². The minimum Gasteiger partial charge on any atom is -0.462 e. The Kier molecular flexibility index (Phi) is 7.36. The summed E-state index contributed by atoms with van der Waals surface area (Å²) in [6.45, 7) is 1.87. The van der Waals surface area contributed by atoms with Crippen LogP contribution in [-0.2, 0) is 9.53 Å². The second-order valence-corrected chi connectivity index (χ2v) is 6.29. The second-order valence-electron chi connectivity index (χ2n) is 6.29. The molecule has 0 aliphatic heterocycles. The number of aliphatic hydroxyl groups excluding tert-OH is 1. The molecule has 2 aromatic rings. The highest BCUT2D eigenvalue weighted by Crippen LogP contribution is 2.22. The van der Waals surface area contributed by atoms with Crippen LogP contribution in [0, 0.1) is 11.8 Å². The smallest absolute Gasteiger partial charge is 0.338 e. The van der Waals surface area contributed by atoms with Gasteiger partial charge in [0.05, 0.1) is 12.2 Å². The number of para-hydroxylation sites is 1. The van der Waals surface area contributed by atoms with Crippen LogP contribution in [0.4, 0.5) is 5.69 Å². The third-order valence-corrected chi connectivity index (χ3v) is 4.41. The van der Waals surface area contributed by atoms with Crippen molar-refractivity contribution in [2.75, 3.05) is 25.2 Å². The van der Waals surface area contributed by atoms with E-state index in [1.807, 2.05) is 43.3 Å². The van der Waals surface area contributed by atoms with E-state index >= 15 is 0 Å². The summed E-state index contributed by atoms with van der Waals surface area (Å²) < 4.78 is 5.36. The molecule has 26 heavy (non-hydrogen) atoms. The molecule has 2 atom stereocenters. The molecular weight excluding hydrogens is 330 g/mol. The topological polar surface area (TPSA) is 66.8 Å². The highest BCUT2D eigenvalue weighted by atomic mass is 16.5. The van der Waals surface area contributed by atoms with Crippen LogP contribution < -0.4 is 4.90 Å². The molecule has 0 saturated heterocycles. The molecule has 1 amide bonds. The minimum atomic E-state index is -0.436. The molecule has 2 rings (SSSR count). The van der Waals surface area contributed by atoms with Crippen LogP contribution in [0.2, 0.25) is 0 Å². The lowest BCUT2D eigenvalue weighted by Crippen LogP contribution is -2.38. The summed E-state index contributed by atoms with van der Waals surface area (Å²) in [5.41, 5.74) is 1.26. The van der Waals surface area contributed by atoms with E-state index in [9.17, 15) is 14.7 Å². The number of rotatable bonds is 8. The lowest BCUT2D eigenvalue weighted by Gasteiger charge is -2.27. The van der Waals surface area contributed by atoms with Crippen molar-refractivity contribution < 1.29 is 19.4 Å². The zero-order valence-electron chi connectivity index (χ0n) is 15.2. The van der Waals surface area contributed by atoms with E-state index < -0.39 is 11.9 Å². The van der Waals surface area contributed by atoms with E-state index in [4.69, 9.17) is 4.74 Å². The van der Waals surface area contributed by atoms with E-state index in [0.717, 1.165) is 5.69 Å². The second kappa shape index (κ2) is 9.73. The molecule has 0 bridgehead atoms. The highest BCUT2D eigenvalue weighted by molar-refractivity contribution is 5.94. The van der Waals surface area contributed by atoms with Crippen molar-refractivity contribution in [2.24, 2.45) is 11.8 Å². The molecule has 0 aromatic heterocycles. The molecular formula is C21H25NO4. The fraction of sp³-hybridized carbons (Fsp3) is 0.333. The van der Waals surface area contributed by atoms with Gasteiger partial charge in [-0.25, -0.2) is 4.79 Å². The Balaban J connectivity index is 2.01. The van der Waals surface area contributed by atoms with Crippen molar-refractivity contribution >= 4 is 17.6 Å². The Labute approximate surface area is 154 Å². The van der Waals surface area contributed by atoms with Crippen molar-refractivity contribution in [3.05, 3.63) is 66.2 Å². The Hall–Kier alpha value is -2.66. The maximum absolute atomic E-state index is 12.9. The summed E-state index contributed by atoms with van der Waals surface area (Å²) in [6.07, 6.45) is 0.320. The molecule has 138 valence electrons. The quantitative estimate of drug-likeness (QED) is 0.739. The van der Waals surface area contributed by atoms with Gasteiger partial charge in [-0.15, -0.1) is 0 Å². The lowest BCUT2D eigenvalue weighted by molar-refractivity contribution is -0.124. The molecule has 1 N–H and O–H groups in total. The van der Waals surface area contributed by atoms with Crippen molar-refractivity contribution in [1.29, 1.82) is 0 Å². The van der Waals surface area contributed by atoms with Crippen LogP contribution in [-0.4, -0.2) is 37.2 Å². The van der Waals surface area contributed by atoms with Gasteiger partial charge in [-0.2, -0.15) is 0 Å². The molecule has 0 saturated carbocycles. The lowest BCUT2D eigenvalue weighted by atomic mass is 9.90. The fourth-order valence-corrected chi connectivity index (χ4v) is 2.80. The standard InChI is InChI=1S/C21H25NO4/c1-16(15-26-21(25)17-9-5-3-6-10-17)19(13-14-23)20(24)22(2)18-11-7-4-8-12-18/h3-12,16,19,23H,13-15H2,1-2H3/t16-,19-/m0/s1. The maximum Gasteiger partial charge on any atom is 0.338 e. The van der Waals surface area contributed by atoms with Gasteiger partial charge in [0.15, 0.2) is 0 Å². The summed E-state index contributed by atoms with van der Waals surface area (Å²) >= 11 is 0. The number of aliphatic hydroxyl groups is 1. The Bertz CT molecular complexity index is 702. The maximum atomic E-state index is 12.9. The molecule has 0 aliphatic carbocycles. The Morgan fingerprint density at radius 1 is 1.04 bits per heavy atom. The van der Waals surface area contributed by atoms with Gasteiger partial charge in [0.1, 0.15) is 0 Å². The van der Waals surface area contributed by atoms with E-state index in [2.05, 4.69) is 0 Å². The zero-order chi connectivity index (χ0) is 18.9. The van der Waals surface area contributed by atoms with Gasteiger partial charge in [0, 0.05) is 31.2 Å². The fourth-order valence-electron chi connectivity index (χ4n) is 2.80. The first-order valence-electron chi connectivity index (χ1n) is 8.70. The first-order chi connectivity index (χ1) is 12.5. The van der Waals surface area contributed by atoms with Crippen LogP contribution >= 0.6 is 0 Å². The Morgan fingerprint density at radius 2 is 1.62 bits per heavy atom. The van der Waals surface area contributed by atoms with Gasteiger partial charge in [0.2, 0.25) is 5.91 Å². The van der Waals surface area contributed by atoms with Crippen LogP contribution in [0.15, 0.2) is 60.7 Å². The molecule has 0 radical (unpaired) electrons.